The van der Waals surface area contributed by atoms with Gasteiger partial charge in [-0.15, -0.1) is 0 Å². The lowest BCUT2D eigenvalue weighted by atomic mass is 10.3. The molecule has 0 aromatic heterocycles. The fourth-order valence-electron chi connectivity index (χ4n) is 0.789. The number of hydrogen-bond donors (Lipinski definition) is 2. The molecule has 0 radical (unpaired) electrons. The van der Waals surface area contributed by atoms with Crippen molar-refractivity contribution in [3.63, 3.8) is 0 Å². The molecule has 0 fully saturated rings. The second-order valence-corrected chi connectivity index (χ2v) is 2.99. The Bertz CT molecular complexity index is 39.8. The first kappa shape index (κ1) is 14.4. The van der Waals surface area contributed by atoms with Crippen molar-refractivity contribution in [1.29, 1.82) is 0 Å². The van der Waals surface area contributed by atoms with Crippen molar-refractivity contribution < 1.29 is 0 Å². The summed E-state index contributed by atoms with van der Waals surface area (Å²) in [6.07, 6.45) is 7.51. The van der Waals surface area contributed by atoms with Crippen molar-refractivity contribution >= 4 is 0 Å². The van der Waals surface area contributed by atoms with Gasteiger partial charge in [0.05, 0.1) is 0 Å². The molecule has 0 rings (SSSR count). The lowest BCUT2D eigenvalue weighted by molar-refractivity contribution is 0.727. The van der Waals surface area contributed by atoms with Gasteiger partial charge in [-0.2, -0.15) is 0 Å². The lowest BCUT2D eigenvalue weighted by Crippen LogP contribution is -1.96. The second kappa shape index (κ2) is 17.1. The first-order chi connectivity index (χ1) is 5.83. The average Bonchev–Trinajstić information content (AvgIpc) is 2.12. The quantitative estimate of drug-likeness (QED) is 0.607. The number of hydrogen-bond acceptors (Lipinski definition) is 2. The van der Waals surface area contributed by atoms with E-state index in [2.05, 4.69) is 13.8 Å². The molecule has 0 atom stereocenters. The minimum atomic E-state index is 0.855. The van der Waals surface area contributed by atoms with E-state index in [9.17, 15) is 0 Å². The predicted octanol–water partition coefficient (Wildman–Crippen LogP) is 2.27. The summed E-state index contributed by atoms with van der Waals surface area (Å²) in [6.45, 7) is 6.06. The molecule has 12 heavy (non-hydrogen) atoms. The van der Waals surface area contributed by atoms with Crippen LogP contribution in [-0.4, -0.2) is 13.1 Å². The number of rotatable bonds is 6. The molecule has 0 heterocycles. The molecule has 0 saturated heterocycles. The van der Waals surface area contributed by atoms with Crippen LogP contribution in [0.25, 0.3) is 0 Å². The Morgan fingerprint density at radius 3 is 1.08 bits per heavy atom. The molecule has 2 heteroatoms. The van der Waals surface area contributed by atoms with E-state index in [1.54, 1.807) is 0 Å². The zero-order chi connectivity index (χ0) is 9.66. The smallest absolute Gasteiger partial charge is 0.00773 e. The molecule has 0 aliphatic carbocycles. The summed E-state index contributed by atoms with van der Waals surface area (Å²) in [6, 6.07) is 0. The van der Waals surface area contributed by atoms with Gasteiger partial charge in [0.2, 0.25) is 0 Å². The zero-order valence-corrected chi connectivity index (χ0v) is 8.81. The van der Waals surface area contributed by atoms with Crippen LogP contribution in [0.3, 0.4) is 0 Å². The van der Waals surface area contributed by atoms with Crippen molar-refractivity contribution in [3.8, 4) is 0 Å². The van der Waals surface area contributed by atoms with Crippen LogP contribution >= 0.6 is 0 Å². The fraction of sp³-hybridized carbons (Fsp3) is 1.00. The van der Waals surface area contributed by atoms with E-state index in [1.165, 1.54) is 38.5 Å². The van der Waals surface area contributed by atoms with Crippen molar-refractivity contribution in [2.45, 2.75) is 52.4 Å². The highest BCUT2D eigenvalue weighted by molar-refractivity contribution is 4.35. The minimum absolute atomic E-state index is 0.855. The average molecular weight is 174 g/mol. The first-order valence-corrected chi connectivity index (χ1v) is 5.23. The molecule has 76 valence electrons. The zero-order valence-electron chi connectivity index (χ0n) is 8.81. The third-order valence-corrected chi connectivity index (χ3v) is 1.62. The maximum absolute atomic E-state index is 5.21. The van der Waals surface area contributed by atoms with Crippen LogP contribution in [0.2, 0.25) is 0 Å². The van der Waals surface area contributed by atoms with Gasteiger partial charge in [0.1, 0.15) is 0 Å². The molecular weight excluding hydrogens is 148 g/mol. The Kier molecular flexibility index (Phi) is 20.6. The third kappa shape index (κ3) is 22.5. The molecule has 0 unspecified atom stereocenters. The molecule has 0 aromatic rings. The molecule has 0 spiro atoms. The normalized spacial score (nSPS) is 9.00. The summed E-state index contributed by atoms with van der Waals surface area (Å²) in [4.78, 5) is 0. The maximum atomic E-state index is 5.21. The highest BCUT2D eigenvalue weighted by Crippen LogP contribution is 1.88. The van der Waals surface area contributed by atoms with Crippen LogP contribution in [0.15, 0.2) is 0 Å². The van der Waals surface area contributed by atoms with Gasteiger partial charge >= 0.3 is 0 Å². The predicted molar refractivity (Wildman–Crippen MR) is 57.2 cm³/mol. The van der Waals surface area contributed by atoms with E-state index in [0.29, 0.717) is 0 Å². The van der Waals surface area contributed by atoms with Gasteiger partial charge in [-0.25, -0.2) is 0 Å². The highest BCUT2D eigenvalue weighted by atomic mass is 14.5. The molecule has 0 saturated carbocycles. The SMILES string of the molecule is CCCCCN.CCCCCN. The fourth-order valence-corrected chi connectivity index (χ4v) is 0.789. The number of unbranched alkanes of at least 4 members (excludes halogenated alkanes) is 4. The largest absolute Gasteiger partial charge is 0.330 e. The molecule has 4 N–H and O–H groups in total. The Morgan fingerprint density at radius 1 is 0.667 bits per heavy atom. The van der Waals surface area contributed by atoms with E-state index in [4.69, 9.17) is 11.5 Å². The second-order valence-electron chi connectivity index (χ2n) is 2.99. The van der Waals surface area contributed by atoms with Gasteiger partial charge in [0, 0.05) is 0 Å². The lowest BCUT2D eigenvalue weighted by Gasteiger charge is -1.86. The first-order valence-electron chi connectivity index (χ1n) is 5.23. The van der Waals surface area contributed by atoms with Gasteiger partial charge in [0.15, 0.2) is 0 Å². The van der Waals surface area contributed by atoms with Crippen LogP contribution in [0, 0.1) is 0 Å². The summed E-state index contributed by atoms with van der Waals surface area (Å²) in [5.74, 6) is 0. The monoisotopic (exact) mass is 174 g/mol. The molecule has 0 bridgehead atoms. The van der Waals surface area contributed by atoms with Crippen molar-refractivity contribution in [2.24, 2.45) is 11.5 Å². The molecule has 0 aromatic carbocycles. The molecule has 0 amide bonds. The maximum Gasteiger partial charge on any atom is -0.00773 e. The van der Waals surface area contributed by atoms with Gasteiger partial charge in [-0.05, 0) is 25.9 Å². The van der Waals surface area contributed by atoms with E-state index in [1.807, 2.05) is 0 Å². The van der Waals surface area contributed by atoms with Crippen LogP contribution in [0.4, 0.5) is 0 Å². The summed E-state index contributed by atoms with van der Waals surface area (Å²) in [5, 5.41) is 0. The van der Waals surface area contributed by atoms with E-state index >= 15 is 0 Å². The number of nitrogens with two attached hydrogens (primary N) is 2. The summed E-state index contributed by atoms with van der Waals surface area (Å²) >= 11 is 0. The van der Waals surface area contributed by atoms with Gasteiger partial charge in [-0.3, -0.25) is 0 Å². The van der Waals surface area contributed by atoms with Crippen LogP contribution < -0.4 is 11.5 Å². The molecular formula is C10H26N2. The molecule has 2 nitrogen and oxygen atoms in total. The van der Waals surface area contributed by atoms with Gasteiger partial charge < -0.3 is 11.5 Å². The van der Waals surface area contributed by atoms with Crippen molar-refractivity contribution in [3.05, 3.63) is 0 Å². The summed E-state index contributed by atoms with van der Waals surface area (Å²) in [7, 11) is 0. The third-order valence-electron chi connectivity index (χ3n) is 1.62. The highest BCUT2D eigenvalue weighted by Gasteiger charge is 1.75. The van der Waals surface area contributed by atoms with Crippen LogP contribution in [0.1, 0.15) is 52.4 Å². The van der Waals surface area contributed by atoms with Gasteiger partial charge in [0.25, 0.3) is 0 Å². The Labute approximate surface area is 77.7 Å². The van der Waals surface area contributed by atoms with Crippen LogP contribution in [-0.2, 0) is 0 Å². The Balaban J connectivity index is 0. The Hall–Kier alpha value is -0.0800. The van der Waals surface area contributed by atoms with E-state index in [-0.39, 0.29) is 0 Å². The topological polar surface area (TPSA) is 52.0 Å². The van der Waals surface area contributed by atoms with Gasteiger partial charge in [-0.1, -0.05) is 39.5 Å². The summed E-state index contributed by atoms with van der Waals surface area (Å²) < 4.78 is 0. The van der Waals surface area contributed by atoms with Crippen molar-refractivity contribution in [2.75, 3.05) is 13.1 Å². The summed E-state index contributed by atoms with van der Waals surface area (Å²) in [5.41, 5.74) is 10.4. The van der Waals surface area contributed by atoms with E-state index in [0.717, 1.165) is 13.1 Å². The Morgan fingerprint density at radius 2 is 1.00 bits per heavy atom. The molecule has 0 aliphatic rings. The minimum Gasteiger partial charge on any atom is -0.330 e. The van der Waals surface area contributed by atoms with E-state index < -0.39 is 0 Å². The van der Waals surface area contributed by atoms with Crippen molar-refractivity contribution in [1.82, 2.24) is 0 Å². The standard InChI is InChI=1S/2C5H13N/c2*1-2-3-4-5-6/h2*2-6H2,1H3. The van der Waals surface area contributed by atoms with Crippen LogP contribution in [0.5, 0.6) is 0 Å². The molecule has 0 aliphatic heterocycles.